The zero-order valence-electron chi connectivity index (χ0n) is 15.3. The van der Waals surface area contributed by atoms with Crippen molar-refractivity contribution in [3.8, 4) is 11.5 Å². The Balaban J connectivity index is 1.83. The molecule has 26 heavy (non-hydrogen) atoms. The molecular formula is C20H24N2O4. The lowest BCUT2D eigenvalue weighted by molar-refractivity contribution is 0.101. The van der Waals surface area contributed by atoms with Crippen LogP contribution in [0.15, 0.2) is 42.5 Å². The first-order valence-corrected chi connectivity index (χ1v) is 8.49. The Kier molecular flexibility index (Phi) is 7.02. The second-order valence-corrected chi connectivity index (χ2v) is 5.68. The summed E-state index contributed by atoms with van der Waals surface area (Å²) in [5, 5.41) is 5.54. The predicted octanol–water partition coefficient (Wildman–Crippen LogP) is 3.66. The summed E-state index contributed by atoms with van der Waals surface area (Å²) < 4.78 is 10.8. The molecule has 6 nitrogen and oxygen atoms in total. The topological polar surface area (TPSA) is 76.7 Å². The third-order valence-corrected chi connectivity index (χ3v) is 3.78. The number of ether oxygens (including phenoxy) is 2. The number of carbonyl (C=O) groups is 2. The lowest BCUT2D eigenvalue weighted by atomic mass is 10.1. The van der Waals surface area contributed by atoms with Gasteiger partial charge in [0.2, 0.25) is 0 Å². The summed E-state index contributed by atoms with van der Waals surface area (Å²) in [6.45, 7) is 4.48. The highest BCUT2D eigenvalue weighted by Crippen LogP contribution is 2.28. The van der Waals surface area contributed by atoms with E-state index in [1.165, 1.54) is 6.92 Å². The van der Waals surface area contributed by atoms with Crippen molar-refractivity contribution in [1.29, 1.82) is 0 Å². The van der Waals surface area contributed by atoms with E-state index in [1.54, 1.807) is 31.4 Å². The minimum Gasteiger partial charge on any atom is -0.493 e. The number of hydrogen-bond donors (Lipinski definition) is 2. The fraction of sp³-hybridized carbons (Fsp3) is 0.300. The Bertz CT molecular complexity index is 757. The average molecular weight is 356 g/mol. The molecule has 0 aliphatic rings. The van der Waals surface area contributed by atoms with E-state index >= 15 is 0 Å². The molecule has 2 aromatic carbocycles. The van der Waals surface area contributed by atoms with Crippen LogP contribution in [0.4, 0.5) is 10.5 Å². The molecule has 0 radical (unpaired) electrons. The van der Waals surface area contributed by atoms with E-state index in [-0.39, 0.29) is 11.8 Å². The van der Waals surface area contributed by atoms with Gasteiger partial charge in [-0.2, -0.15) is 0 Å². The molecule has 0 fully saturated rings. The third-order valence-electron chi connectivity index (χ3n) is 3.78. The van der Waals surface area contributed by atoms with Crippen molar-refractivity contribution in [2.24, 2.45) is 0 Å². The number of Topliss-reactive ketones (excluding diaryl/α,β-unsaturated/α-hetero) is 1. The molecule has 0 saturated heterocycles. The summed E-state index contributed by atoms with van der Waals surface area (Å²) in [5.74, 6) is 1.38. The first-order valence-electron chi connectivity index (χ1n) is 8.49. The van der Waals surface area contributed by atoms with E-state index in [0.29, 0.717) is 42.3 Å². The molecule has 0 aliphatic carbocycles. The van der Waals surface area contributed by atoms with Crippen molar-refractivity contribution in [3.05, 3.63) is 53.6 Å². The van der Waals surface area contributed by atoms with Gasteiger partial charge >= 0.3 is 6.03 Å². The highest BCUT2D eigenvalue weighted by Gasteiger charge is 2.07. The summed E-state index contributed by atoms with van der Waals surface area (Å²) in [4.78, 5) is 23.2. The third kappa shape index (κ3) is 5.51. The van der Waals surface area contributed by atoms with Crippen LogP contribution in [-0.2, 0) is 6.42 Å². The fourth-order valence-corrected chi connectivity index (χ4v) is 2.43. The number of benzene rings is 2. The van der Waals surface area contributed by atoms with Gasteiger partial charge in [-0.3, -0.25) is 4.79 Å². The number of methoxy groups -OCH3 is 1. The van der Waals surface area contributed by atoms with Gasteiger partial charge in [0.15, 0.2) is 17.3 Å². The lowest BCUT2D eigenvalue weighted by Crippen LogP contribution is -2.30. The first-order chi connectivity index (χ1) is 12.5. The molecule has 2 rings (SSSR count). The number of urea groups is 1. The molecule has 0 atom stereocenters. The maximum atomic E-state index is 12.0. The number of rotatable bonds is 8. The number of nitrogens with one attached hydrogen (secondary N) is 2. The monoisotopic (exact) mass is 356 g/mol. The molecule has 6 heteroatoms. The van der Waals surface area contributed by atoms with Crippen molar-refractivity contribution < 1.29 is 19.1 Å². The average Bonchev–Trinajstić information content (AvgIpc) is 2.63. The molecule has 0 spiro atoms. The largest absolute Gasteiger partial charge is 0.493 e. The molecule has 0 heterocycles. The van der Waals surface area contributed by atoms with Gasteiger partial charge in [0.1, 0.15) is 0 Å². The normalized spacial score (nSPS) is 10.1. The van der Waals surface area contributed by atoms with Crippen LogP contribution in [0.3, 0.4) is 0 Å². The van der Waals surface area contributed by atoms with Crippen LogP contribution >= 0.6 is 0 Å². The van der Waals surface area contributed by atoms with Gasteiger partial charge in [-0.15, -0.1) is 0 Å². The molecule has 0 unspecified atom stereocenters. The van der Waals surface area contributed by atoms with Crippen molar-refractivity contribution in [2.75, 3.05) is 25.6 Å². The molecule has 0 aliphatic heterocycles. The van der Waals surface area contributed by atoms with E-state index in [4.69, 9.17) is 9.47 Å². The van der Waals surface area contributed by atoms with Gasteiger partial charge in [-0.1, -0.05) is 6.07 Å². The highest BCUT2D eigenvalue weighted by molar-refractivity contribution is 5.95. The van der Waals surface area contributed by atoms with Crippen LogP contribution in [0.5, 0.6) is 11.5 Å². The van der Waals surface area contributed by atoms with Crippen LogP contribution in [0, 0.1) is 0 Å². The Hall–Kier alpha value is -3.02. The van der Waals surface area contributed by atoms with Gasteiger partial charge in [0, 0.05) is 17.8 Å². The Morgan fingerprint density at radius 1 is 1.04 bits per heavy atom. The number of amides is 2. The Morgan fingerprint density at radius 2 is 1.77 bits per heavy atom. The molecule has 0 aromatic heterocycles. The SMILES string of the molecule is CCOc1ccc(CCNC(=O)Nc2ccc(C(C)=O)cc2)cc1OC. The van der Waals surface area contributed by atoms with Crippen LogP contribution in [0.2, 0.25) is 0 Å². The molecular weight excluding hydrogens is 332 g/mol. The van der Waals surface area contributed by atoms with Gasteiger partial charge in [-0.25, -0.2) is 4.79 Å². The summed E-state index contributed by atoms with van der Waals surface area (Å²) in [5.41, 5.74) is 2.28. The summed E-state index contributed by atoms with van der Waals surface area (Å²) in [7, 11) is 1.60. The number of carbonyl (C=O) groups excluding carboxylic acids is 2. The molecule has 2 amide bonds. The Labute approximate surface area is 153 Å². The smallest absolute Gasteiger partial charge is 0.319 e. The maximum Gasteiger partial charge on any atom is 0.319 e. The van der Waals surface area contributed by atoms with Crippen molar-refractivity contribution >= 4 is 17.5 Å². The van der Waals surface area contributed by atoms with E-state index in [0.717, 1.165) is 5.56 Å². The number of ketones is 1. The molecule has 2 aromatic rings. The molecule has 2 N–H and O–H groups in total. The van der Waals surface area contributed by atoms with Crippen LogP contribution in [-0.4, -0.2) is 32.1 Å². The highest BCUT2D eigenvalue weighted by atomic mass is 16.5. The standard InChI is InChI=1S/C20H24N2O4/c1-4-26-18-10-5-15(13-19(18)25-3)11-12-21-20(24)22-17-8-6-16(7-9-17)14(2)23/h5-10,13H,4,11-12H2,1-3H3,(H2,21,22,24). The van der Waals surface area contributed by atoms with E-state index in [2.05, 4.69) is 10.6 Å². The van der Waals surface area contributed by atoms with Gasteiger partial charge in [-0.05, 0) is 62.2 Å². The minimum atomic E-state index is -0.293. The number of anilines is 1. The minimum absolute atomic E-state index is 0.00761. The van der Waals surface area contributed by atoms with Crippen molar-refractivity contribution in [1.82, 2.24) is 5.32 Å². The number of hydrogen-bond acceptors (Lipinski definition) is 4. The van der Waals surface area contributed by atoms with Gasteiger partial charge in [0.25, 0.3) is 0 Å². The summed E-state index contributed by atoms with van der Waals surface area (Å²) >= 11 is 0. The van der Waals surface area contributed by atoms with Crippen LogP contribution in [0.1, 0.15) is 29.8 Å². The quantitative estimate of drug-likeness (QED) is 0.708. The van der Waals surface area contributed by atoms with Crippen molar-refractivity contribution in [3.63, 3.8) is 0 Å². The second kappa shape index (κ2) is 9.46. The van der Waals surface area contributed by atoms with E-state index < -0.39 is 0 Å². The van der Waals surface area contributed by atoms with Gasteiger partial charge < -0.3 is 20.1 Å². The summed E-state index contributed by atoms with van der Waals surface area (Å²) in [6, 6.07) is 12.2. The molecule has 0 saturated carbocycles. The molecule has 138 valence electrons. The zero-order valence-corrected chi connectivity index (χ0v) is 15.3. The first kappa shape index (κ1) is 19.3. The summed E-state index contributed by atoms with van der Waals surface area (Å²) in [6.07, 6.45) is 0.666. The second-order valence-electron chi connectivity index (χ2n) is 5.68. The van der Waals surface area contributed by atoms with E-state index in [1.807, 2.05) is 25.1 Å². The maximum absolute atomic E-state index is 12.0. The predicted molar refractivity (Wildman–Crippen MR) is 101 cm³/mol. The Morgan fingerprint density at radius 3 is 2.38 bits per heavy atom. The zero-order chi connectivity index (χ0) is 18.9. The molecule has 0 bridgehead atoms. The lowest BCUT2D eigenvalue weighted by Gasteiger charge is -2.11. The van der Waals surface area contributed by atoms with E-state index in [9.17, 15) is 9.59 Å². The van der Waals surface area contributed by atoms with Crippen molar-refractivity contribution in [2.45, 2.75) is 20.3 Å². The van der Waals surface area contributed by atoms with Crippen LogP contribution < -0.4 is 20.1 Å². The fourth-order valence-electron chi connectivity index (χ4n) is 2.43. The van der Waals surface area contributed by atoms with Gasteiger partial charge in [0.05, 0.1) is 13.7 Å². The van der Waals surface area contributed by atoms with Crippen LogP contribution in [0.25, 0.3) is 0 Å².